The van der Waals surface area contributed by atoms with Crippen LogP contribution in [-0.2, 0) is 0 Å². The van der Waals surface area contributed by atoms with Crippen LogP contribution in [0.15, 0.2) is 36.8 Å². The maximum Gasteiger partial charge on any atom is 0.492 e. The highest BCUT2D eigenvalue weighted by Crippen LogP contribution is 2.18. The Bertz CT molecular complexity index is 502. The molecule has 0 atom stereocenters. The molecule has 0 saturated carbocycles. The van der Waals surface area contributed by atoms with Crippen molar-refractivity contribution in [2.24, 2.45) is 0 Å². The highest BCUT2D eigenvalue weighted by atomic mass is 16.5. The Hall–Kier alpha value is -1.92. The van der Waals surface area contributed by atoms with E-state index in [0.29, 0.717) is 5.69 Å². The second-order valence-electron chi connectivity index (χ2n) is 3.43. The van der Waals surface area contributed by atoms with Crippen LogP contribution in [0, 0.1) is 0 Å². The van der Waals surface area contributed by atoms with E-state index in [0.717, 1.165) is 11.3 Å². The quantitative estimate of drug-likeness (QED) is 0.716. The number of aromatic nitrogens is 2. The smallest absolute Gasteiger partial charge is 0.492 e. The first-order valence-corrected chi connectivity index (χ1v) is 5.03. The number of rotatable bonds is 3. The third kappa shape index (κ3) is 2.43. The Morgan fingerprint density at radius 3 is 2.47 bits per heavy atom. The van der Waals surface area contributed by atoms with Gasteiger partial charge in [-0.1, -0.05) is 0 Å². The molecule has 0 spiro atoms. The number of benzene rings is 1. The molecule has 86 valence electrons. The van der Waals surface area contributed by atoms with Gasteiger partial charge in [-0.05, 0) is 24.3 Å². The average molecular weight is 230 g/mol. The lowest BCUT2D eigenvalue weighted by Crippen LogP contribution is -2.32. The van der Waals surface area contributed by atoms with Gasteiger partial charge in [0, 0.05) is 17.2 Å². The second kappa shape index (κ2) is 4.94. The van der Waals surface area contributed by atoms with E-state index in [1.165, 1.54) is 12.5 Å². The summed E-state index contributed by atoms with van der Waals surface area (Å²) >= 11 is 0. The first-order chi connectivity index (χ1) is 8.22. The van der Waals surface area contributed by atoms with Gasteiger partial charge in [0.2, 0.25) is 0 Å². The molecule has 0 aliphatic rings. The molecule has 0 aliphatic heterocycles. The van der Waals surface area contributed by atoms with Crippen LogP contribution in [0.25, 0.3) is 11.3 Å². The van der Waals surface area contributed by atoms with Gasteiger partial charge in [0.05, 0.1) is 12.8 Å². The van der Waals surface area contributed by atoms with Crippen molar-refractivity contribution in [1.82, 2.24) is 9.97 Å². The van der Waals surface area contributed by atoms with Crippen molar-refractivity contribution in [2.45, 2.75) is 0 Å². The molecular weight excluding hydrogens is 219 g/mol. The predicted octanol–water partition coefficient (Wildman–Crippen LogP) is -0.168. The van der Waals surface area contributed by atoms with E-state index < -0.39 is 7.12 Å². The molecule has 0 fully saturated rings. The number of methoxy groups -OCH3 is 1. The maximum absolute atomic E-state index is 9.22. The van der Waals surface area contributed by atoms with Crippen molar-refractivity contribution in [3.05, 3.63) is 36.8 Å². The Morgan fingerprint density at radius 2 is 1.88 bits per heavy atom. The summed E-state index contributed by atoms with van der Waals surface area (Å²) < 4.78 is 5.05. The molecule has 2 rings (SSSR count). The summed E-state index contributed by atoms with van der Waals surface area (Å²) in [5, 5.41) is 18.4. The van der Waals surface area contributed by atoms with E-state index in [1.54, 1.807) is 31.4 Å². The summed E-state index contributed by atoms with van der Waals surface area (Å²) in [5.41, 5.74) is 1.55. The first-order valence-electron chi connectivity index (χ1n) is 5.03. The van der Waals surface area contributed by atoms with E-state index in [9.17, 15) is 10.0 Å². The molecule has 17 heavy (non-hydrogen) atoms. The fourth-order valence-electron chi connectivity index (χ4n) is 1.52. The third-order valence-electron chi connectivity index (χ3n) is 2.38. The normalized spacial score (nSPS) is 10.1. The third-order valence-corrected chi connectivity index (χ3v) is 2.38. The molecule has 1 heterocycles. The van der Waals surface area contributed by atoms with Gasteiger partial charge in [0.25, 0.3) is 0 Å². The van der Waals surface area contributed by atoms with Gasteiger partial charge < -0.3 is 14.8 Å². The van der Waals surface area contributed by atoms with Crippen LogP contribution in [-0.4, -0.2) is 34.2 Å². The number of hydrogen-bond donors (Lipinski definition) is 2. The average Bonchev–Trinajstić information content (AvgIpc) is 2.39. The van der Waals surface area contributed by atoms with Crippen LogP contribution in [0.5, 0.6) is 5.75 Å². The Kier molecular flexibility index (Phi) is 3.36. The molecule has 2 aromatic rings. The first kappa shape index (κ1) is 11.6. The molecule has 2 N–H and O–H groups in total. The zero-order chi connectivity index (χ0) is 12.3. The summed E-state index contributed by atoms with van der Waals surface area (Å²) in [4.78, 5) is 7.82. The van der Waals surface area contributed by atoms with Crippen LogP contribution in [0.2, 0.25) is 0 Å². The number of ether oxygens (including phenoxy) is 1. The van der Waals surface area contributed by atoms with Gasteiger partial charge in [-0.3, -0.25) is 0 Å². The topological polar surface area (TPSA) is 75.5 Å². The SMILES string of the molecule is COc1ccc(-c2ncncc2B(O)O)cc1. The van der Waals surface area contributed by atoms with Crippen LogP contribution < -0.4 is 10.2 Å². The van der Waals surface area contributed by atoms with Crippen LogP contribution in [0.1, 0.15) is 0 Å². The minimum atomic E-state index is -1.59. The Morgan fingerprint density at radius 1 is 1.18 bits per heavy atom. The molecule has 0 unspecified atom stereocenters. The maximum atomic E-state index is 9.22. The van der Waals surface area contributed by atoms with E-state index >= 15 is 0 Å². The Balaban J connectivity index is 2.45. The fourth-order valence-corrected chi connectivity index (χ4v) is 1.52. The van der Waals surface area contributed by atoms with Gasteiger partial charge in [-0.25, -0.2) is 9.97 Å². The van der Waals surface area contributed by atoms with Crippen molar-refractivity contribution in [1.29, 1.82) is 0 Å². The zero-order valence-electron chi connectivity index (χ0n) is 9.24. The fraction of sp³-hybridized carbons (Fsp3) is 0.0909. The lowest BCUT2D eigenvalue weighted by atomic mass is 9.78. The summed E-state index contributed by atoms with van der Waals surface area (Å²) in [6, 6.07) is 7.16. The van der Waals surface area contributed by atoms with Crippen molar-refractivity contribution >= 4 is 12.6 Å². The summed E-state index contributed by atoms with van der Waals surface area (Å²) in [6.45, 7) is 0. The lowest BCUT2D eigenvalue weighted by molar-refractivity contribution is 0.415. The lowest BCUT2D eigenvalue weighted by Gasteiger charge is -2.07. The molecule has 1 aromatic carbocycles. The highest BCUT2D eigenvalue weighted by molar-refractivity contribution is 6.60. The second-order valence-corrected chi connectivity index (χ2v) is 3.43. The molecule has 6 heteroatoms. The van der Waals surface area contributed by atoms with Crippen molar-refractivity contribution in [3.63, 3.8) is 0 Å². The van der Waals surface area contributed by atoms with E-state index in [1.807, 2.05) is 0 Å². The monoisotopic (exact) mass is 230 g/mol. The molecule has 0 radical (unpaired) electrons. The standard InChI is InChI=1S/C11H11BN2O3/c1-17-9-4-2-8(3-5-9)11-10(12(15)16)6-13-7-14-11/h2-7,15-16H,1H3. The minimum Gasteiger partial charge on any atom is -0.497 e. The molecule has 0 amide bonds. The van der Waals surface area contributed by atoms with Crippen molar-refractivity contribution < 1.29 is 14.8 Å². The van der Waals surface area contributed by atoms with Gasteiger partial charge in [0.1, 0.15) is 12.1 Å². The molecule has 5 nitrogen and oxygen atoms in total. The Labute approximate surface area is 98.9 Å². The summed E-state index contributed by atoms with van der Waals surface area (Å²) in [5.74, 6) is 0.730. The number of hydrogen-bond acceptors (Lipinski definition) is 5. The van der Waals surface area contributed by atoms with Crippen molar-refractivity contribution in [3.8, 4) is 17.0 Å². The van der Waals surface area contributed by atoms with Crippen LogP contribution in [0.3, 0.4) is 0 Å². The predicted molar refractivity (Wildman–Crippen MR) is 63.8 cm³/mol. The molecule has 0 bridgehead atoms. The van der Waals surface area contributed by atoms with E-state index in [-0.39, 0.29) is 5.46 Å². The molecule has 0 aliphatic carbocycles. The highest BCUT2D eigenvalue weighted by Gasteiger charge is 2.18. The molecule has 1 aromatic heterocycles. The van der Waals surface area contributed by atoms with Gasteiger partial charge in [-0.15, -0.1) is 0 Å². The molecule has 0 saturated heterocycles. The zero-order valence-corrected chi connectivity index (χ0v) is 9.24. The van der Waals surface area contributed by atoms with Gasteiger partial charge in [-0.2, -0.15) is 0 Å². The molecular formula is C11H11BN2O3. The summed E-state index contributed by atoms with van der Waals surface area (Å²) in [6.07, 6.45) is 2.75. The minimum absolute atomic E-state index is 0.276. The van der Waals surface area contributed by atoms with Crippen LogP contribution >= 0.6 is 0 Å². The van der Waals surface area contributed by atoms with Crippen molar-refractivity contribution in [2.75, 3.05) is 7.11 Å². The van der Waals surface area contributed by atoms with Gasteiger partial charge in [0.15, 0.2) is 0 Å². The number of nitrogens with zero attached hydrogens (tertiary/aromatic N) is 2. The van der Waals surface area contributed by atoms with Crippen LogP contribution in [0.4, 0.5) is 0 Å². The van der Waals surface area contributed by atoms with Gasteiger partial charge >= 0.3 is 7.12 Å². The van der Waals surface area contributed by atoms with E-state index in [2.05, 4.69) is 9.97 Å². The van der Waals surface area contributed by atoms with E-state index in [4.69, 9.17) is 4.74 Å². The largest absolute Gasteiger partial charge is 0.497 e. The summed E-state index contributed by atoms with van der Waals surface area (Å²) in [7, 11) is -0.00362.